The first kappa shape index (κ1) is 16.2. The molecule has 3 nitrogen and oxygen atoms in total. The zero-order chi connectivity index (χ0) is 16.1. The van der Waals surface area contributed by atoms with Crippen LogP contribution in [0.3, 0.4) is 0 Å². The van der Waals surface area contributed by atoms with Gasteiger partial charge in [0.25, 0.3) is 5.91 Å². The third-order valence-electron chi connectivity index (χ3n) is 3.67. The van der Waals surface area contributed by atoms with Gasteiger partial charge in [-0.05, 0) is 37.1 Å². The normalized spacial score (nSPS) is 13.5. The first-order valence-corrected chi connectivity index (χ1v) is 7.26. The van der Waals surface area contributed by atoms with Crippen LogP contribution in [0.4, 0.5) is 4.39 Å². The average Bonchev–Trinajstić information content (AvgIpc) is 2.50. The minimum atomic E-state index is -0.708. The number of benzene rings is 2. The van der Waals surface area contributed by atoms with E-state index in [1.165, 1.54) is 12.1 Å². The van der Waals surface area contributed by atoms with Gasteiger partial charge in [-0.15, -0.1) is 0 Å². The molecule has 0 saturated carbocycles. The summed E-state index contributed by atoms with van der Waals surface area (Å²) < 4.78 is 13.3. The molecule has 0 heterocycles. The highest BCUT2D eigenvalue weighted by Gasteiger charge is 2.19. The molecule has 2 aromatic carbocycles. The first-order chi connectivity index (χ1) is 10.5. The second kappa shape index (κ2) is 7.18. The molecule has 1 amide bonds. The van der Waals surface area contributed by atoms with Crippen molar-refractivity contribution in [2.45, 2.75) is 32.4 Å². The maximum Gasteiger partial charge on any atom is 0.251 e. The van der Waals surface area contributed by atoms with E-state index in [-0.39, 0.29) is 5.91 Å². The molecule has 0 saturated heterocycles. The van der Waals surface area contributed by atoms with Crippen LogP contribution in [0, 0.1) is 12.7 Å². The second-order valence-corrected chi connectivity index (χ2v) is 5.48. The molecular formula is C18H20FNO2. The number of amides is 1. The molecule has 0 spiro atoms. The Morgan fingerprint density at radius 1 is 1.23 bits per heavy atom. The van der Waals surface area contributed by atoms with Crippen LogP contribution in [-0.2, 0) is 6.42 Å². The number of aryl methyl sites for hydroxylation is 1. The van der Waals surface area contributed by atoms with E-state index in [0.29, 0.717) is 17.5 Å². The Labute approximate surface area is 129 Å². The molecular weight excluding hydrogens is 281 g/mol. The molecule has 116 valence electrons. The van der Waals surface area contributed by atoms with E-state index < -0.39 is 18.0 Å². The molecule has 4 heteroatoms. The monoisotopic (exact) mass is 301 g/mol. The third-order valence-corrected chi connectivity index (χ3v) is 3.67. The number of hydrogen-bond acceptors (Lipinski definition) is 2. The van der Waals surface area contributed by atoms with Crippen LogP contribution in [-0.4, -0.2) is 23.2 Å². The van der Waals surface area contributed by atoms with Crippen molar-refractivity contribution >= 4 is 5.91 Å². The van der Waals surface area contributed by atoms with E-state index in [4.69, 9.17) is 0 Å². The first-order valence-electron chi connectivity index (χ1n) is 7.26. The van der Waals surface area contributed by atoms with Crippen LogP contribution in [0.15, 0.2) is 48.5 Å². The van der Waals surface area contributed by atoms with Gasteiger partial charge in [-0.2, -0.15) is 0 Å². The standard InChI is InChI=1S/C18H20FNO2/c1-12-8-9-15(19)11-16(12)18(22)20-13(2)17(21)10-14-6-4-3-5-7-14/h3-9,11,13,17,21H,10H2,1-2H3,(H,20,22). The Bertz CT molecular complexity index is 643. The second-order valence-electron chi connectivity index (χ2n) is 5.48. The van der Waals surface area contributed by atoms with E-state index >= 15 is 0 Å². The minimum absolute atomic E-state index is 0.291. The lowest BCUT2D eigenvalue weighted by Gasteiger charge is -2.21. The number of rotatable bonds is 5. The van der Waals surface area contributed by atoms with Gasteiger partial charge in [-0.1, -0.05) is 36.4 Å². The molecule has 22 heavy (non-hydrogen) atoms. The fourth-order valence-corrected chi connectivity index (χ4v) is 2.25. The number of nitrogens with one attached hydrogen (secondary N) is 1. The van der Waals surface area contributed by atoms with Gasteiger partial charge in [0.05, 0.1) is 12.1 Å². The lowest BCUT2D eigenvalue weighted by atomic mass is 10.0. The zero-order valence-electron chi connectivity index (χ0n) is 12.7. The molecule has 2 atom stereocenters. The van der Waals surface area contributed by atoms with Crippen molar-refractivity contribution in [3.8, 4) is 0 Å². The van der Waals surface area contributed by atoms with Gasteiger partial charge in [0.2, 0.25) is 0 Å². The Kier molecular flexibility index (Phi) is 5.28. The SMILES string of the molecule is Cc1ccc(F)cc1C(=O)NC(C)C(O)Cc1ccccc1. The van der Waals surface area contributed by atoms with E-state index in [2.05, 4.69) is 5.32 Å². The predicted molar refractivity (Wildman–Crippen MR) is 84.2 cm³/mol. The number of halogens is 1. The van der Waals surface area contributed by atoms with Gasteiger partial charge in [-0.3, -0.25) is 4.79 Å². The summed E-state index contributed by atoms with van der Waals surface area (Å²) >= 11 is 0. The van der Waals surface area contributed by atoms with Crippen molar-refractivity contribution in [1.29, 1.82) is 0 Å². The van der Waals surface area contributed by atoms with Crippen LogP contribution in [0.25, 0.3) is 0 Å². The van der Waals surface area contributed by atoms with Crippen LogP contribution in [0.1, 0.15) is 28.4 Å². The highest BCUT2D eigenvalue weighted by atomic mass is 19.1. The lowest BCUT2D eigenvalue weighted by molar-refractivity contribution is 0.0851. The molecule has 2 aromatic rings. The smallest absolute Gasteiger partial charge is 0.251 e. The number of aliphatic hydroxyl groups excluding tert-OH is 1. The Hall–Kier alpha value is -2.20. The third kappa shape index (κ3) is 4.15. The maximum absolute atomic E-state index is 13.3. The summed E-state index contributed by atoms with van der Waals surface area (Å²) in [5.74, 6) is -0.829. The van der Waals surface area contributed by atoms with E-state index in [9.17, 15) is 14.3 Å². The summed E-state index contributed by atoms with van der Waals surface area (Å²) in [6.45, 7) is 3.49. The van der Waals surface area contributed by atoms with Gasteiger partial charge >= 0.3 is 0 Å². The molecule has 0 fully saturated rings. The largest absolute Gasteiger partial charge is 0.391 e. The number of aliphatic hydroxyl groups is 1. The fraction of sp³-hybridized carbons (Fsp3) is 0.278. The van der Waals surface area contributed by atoms with Crippen molar-refractivity contribution in [2.24, 2.45) is 0 Å². The summed E-state index contributed by atoms with van der Waals surface area (Å²) in [7, 11) is 0. The zero-order valence-corrected chi connectivity index (χ0v) is 12.7. The highest BCUT2D eigenvalue weighted by Crippen LogP contribution is 2.11. The average molecular weight is 301 g/mol. The summed E-state index contributed by atoms with van der Waals surface area (Å²) in [6, 6.07) is 13.2. The van der Waals surface area contributed by atoms with Crippen molar-refractivity contribution in [3.05, 3.63) is 71.0 Å². The van der Waals surface area contributed by atoms with Crippen molar-refractivity contribution in [2.75, 3.05) is 0 Å². The predicted octanol–water partition coefficient (Wildman–Crippen LogP) is 2.86. The topological polar surface area (TPSA) is 49.3 Å². The molecule has 2 unspecified atom stereocenters. The molecule has 0 aliphatic carbocycles. The van der Waals surface area contributed by atoms with Crippen LogP contribution in [0.5, 0.6) is 0 Å². The summed E-state index contributed by atoms with van der Waals surface area (Å²) in [5, 5.41) is 12.9. The summed E-state index contributed by atoms with van der Waals surface area (Å²) in [6.07, 6.45) is -0.259. The molecule has 2 N–H and O–H groups in total. The number of carbonyl (C=O) groups is 1. The minimum Gasteiger partial charge on any atom is -0.391 e. The van der Waals surface area contributed by atoms with Crippen molar-refractivity contribution in [3.63, 3.8) is 0 Å². The van der Waals surface area contributed by atoms with E-state index in [0.717, 1.165) is 5.56 Å². The van der Waals surface area contributed by atoms with Gasteiger partial charge in [-0.25, -0.2) is 4.39 Å². The van der Waals surface area contributed by atoms with Gasteiger partial charge in [0.1, 0.15) is 5.82 Å². The molecule has 2 rings (SSSR count). The van der Waals surface area contributed by atoms with Crippen LogP contribution in [0.2, 0.25) is 0 Å². The Morgan fingerprint density at radius 3 is 2.59 bits per heavy atom. The van der Waals surface area contributed by atoms with Gasteiger partial charge in [0, 0.05) is 12.0 Å². The van der Waals surface area contributed by atoms with Crippen molar-refractivity contribution in [1.82, 2.24) is 5.32 Å². The highest BCUT2D eigenvalue weighted by molar-refractivity contribution is 5.95. The quantitative estimate of drug-likeness (QED) is 0.892. The number of hydrogen-bond donors (Lipinski definition) is 2. The van der Waals surface area contributed by atoms with Gasteiger partial charge < -0.3 is 10.4 Å². The number of carbonyl (C=O) groups excluding carboxylic acids is 1. The van der Waals surface area contributed by atoms with E-state index in [1.54, 1.807) is 19.9 Å². The van der Waals surface area contributed by atoms with E-state index in [1.807, 2.05) is 30.3 Å². The maximum atomic E-state index is 13.3. The van der Waals surface area contributed by atoms with Crippen LogP contribution >= 0.6 is 0 Å². The molecule has 0 bridgehead atoms. The van der Waals surface area contributed by atoms with Gasteiger partial charge in [0.15, 0.2) is 0 Å². The molecule has 0 aliphatic rings. The van der Waals surface area contributed by atoms with Crippen LogP contribution < -0.4 is 5.32 Å². The lowest BCUT2D eigenvalue weighted by Crippen LogP contribution is -2.42. The molecule has 0 radical (unpaired) electrons. The Balaban J connectivity index is 2.00. The summed E-state index contributed by atoms with van der Waals surface area (Å²) in [5.41, 5.74) is 1.99. The summed E-state index contributed by atoms with van der Waals surface area (Å²) in [4.78, 5) is 12.2. The Morgan fingerprint density at radius 2 is 1.91 bits per heavy atom. The van der Waals surface area contributed by atoms with Crippen molar-refractivity contribution < 1.29 is 14.3 Å². The fourth-order valence-electron chi connectivity index (χ4n) is 2.25. The molecule has 0 aliphatic heterocycles. The molecule has 0 aromatic heterocycles.